The summed E-state index contributed by atoms with van der Waals surface area (Å²) in [4.78, 5) is 0. The minimum atomic E-state index is -1.99. The number of hydrogen-bond acceptors (Lipinski definition) is 4. The van der Waals surface area contributed by atoms with Gasteiger partial charge in [0.25, 0.3) is 0 Å². The first kappa shape index (κ1) is 9.92. The van der Waals surface area contributed by atoms with Crippen molar-refractivity contribution in [3.63, 3.8) is 0 Å². The summed E-state index contributed by atoms with van der Waals surface area (Å²) >= 11 is 6.44. The topological polar surface area (TPSA) is 18.5 Å². The Morgan fingerprint density at radius 1 is 1.56 bits per heavy atom. The van der Waals surface area contributed by atoms with E-state index in [4.69, 9.17) is 20.9 Å². The van der Waals surface area contributed by atoms with Crippen molar-refractivity contribution >= 4 is 28.9 Å². The second-order valence-electron chi connectivity index (χ2n) is 1.15. The van der Waals surface area contributed by atoms with E-state index in [9.17, 15) is 0 Å². The fourth-order valence-corrected chi connectivity index (χ4v) is 2.85. The third kappa shape index (κ3) is 3.58. The van der Waals surface area contributed by atoms with E-state index < -0.39 is 5.69 Å². The first-order chi connectivity index (χ1) is 4.18. The predicted octanol–water partition coefficient (Wildman–Crippen LogP) is 2.07. The van der Waals surface area contributed by atoms with E-state index in [-0.39, 0.29) is 0 Å². The average Bonchev–Trinajstić information content (AvgIpc) is 1.89. The molecule has 0 rings (SSSR count). The van der Waals surface area contributed by atoms with Gasteiger partial charge in [-0.25, -0.2) is 0 Å². The Bertz CT molecular complexity index is 109. The molecule has 0 aromatic rings. The van der Waals surface area contributed by atoms with Crippen molar-refractivity contribution in [2.45, 2.75) is 0 Å². The third-order valence-corrected chi connectivity index (χ3v) is 6.32. The quantitative estimate of drug-likeness (QED) is 0.624. The maximum atomic E-state index is 4.99. The first-order valence-electron chi connectivity index (χ1n) is 2.34. The maximum Gasteiger partial charge on any atom is 0.246 e. The lowest BCUT2D eigenvalue weighted by Crippen LogP contribution is -1.82. The van der Waals surface area contributed by atoms with Gasteiger partial charge in [-0.1, -0.05) is 11.4 Å². The van der Waals surface area contributed by atoms with Crippen LogP contribution >= 0.6 is 17.1 Å². The Morgan fingerprint density at radius 2 is 2.00 bits per heavy atom. The second-order valence-corrected chi connectivity index (χ2v) is 7.79. The van der Waals surface area contributed by atoms with Crippen LogP contribution in [-0.2, 0) is 20.9 Å². The Labute approximate surface area is 65.2 Å². The van der Waals surface area contributed by atoms with Crippen molar-refractivity contribution in [3.05, 3.63) is 6.92 Å². The van der Waals surface area contributed by atoms with Crippen molar-refractivity contribution < 1.29 is 9.05 Å². The van der Waals surface area contributed by atoms with Crippen LogP contribution in [0.3, 0.4) is 0 Å². The molecule has 5 heteroatoms. The van der Waals surface area contributed by atoms with Crippen molar-refractivity contribution in [3.8, 4) is 0 Å². The zero-order chi connectivity index (χ0) is 7.33. The molecule has 0 bridgehead atoms. The van der Waals surface area contributed by atoms with Gasteiger partial charge in [0.15, 0.2) is 0 Å². The molecule has 2 nitrogen and oxygen atoms in total. The Hall–Kier alpha value is 0.920. The second kappa shape index (κ2) is 4.69. The molecule has 0 aliphatic heterocycles. The largest absolute Gasteiger partial charge is 0.325 e. The van der Waals surface area contributed by atoms with Crippen LogP contribution in [0.15, 0.2) is 0 Å². The molecule has 0 heterocycles. The lowest BCUT2D eigenvalue weighted by Gasteiger charge is -2.14. The van der Waals surface area contributed by atoms with Crippen LogP contribution < -0.4 is 0 Å². The summed E-state index contributed by atoms with van der Waals surface area (Å²) in [7, 11) is 3.12. The van der Waals surface area contributed by atoms with Gasteiger partial charge in [-0.05, 0) is 18.7 Å². The summed E-state index contributed by atoms with van der Waals surface area (Å²) in [5.41, 5.74) is -1.99. The van der Waals surface area contributed by atoms with Gasteiger partial charge in [0, 0.05) is 20.0 Å². The van der Waals surface area contributed by atoms with Gasteiger partial charge in [0.05, 0.1) is 0 Å². The van der Waals surface area contributed by atoms with Crippen LogP contribution in [0.25, 0.3) is 0 Å². The highest BCUT2D eigenvalue weighted by atomic mass is 32.9. The summed E-state index contributed by atoms with van der Waals surface area (Å²) in [6, 6.07) is 0. The van der Waals surface area contributed by atoms with Gasteiger partial charge in [0.2, 0.25) is 5.69 Å². The van der Waals surface area contributed by atoms with Crippen LogP contribution in [0, 0.1) is 6.92 Å². The SMILES string of the molecule is [CH2]CSP(=S)(OC)OC. The molecule has 0 fully saturated rings. The number of rotatable bonds is 4. The Kier molecular flexibility index (Phi) is 5.17. The van der Waals surface area contributed by atoms with Gasteiger partial charge in [-0.2, -0.15) is 0 Å². The third-order valence-electron chi connectivity index (χ3n) is 0.697. The molecule has 0 aromatic carbocycles. The van der Waals surface area contributed by atoms with E-state index >= 15 is 0 Å². The minimum Gasteiger partial charge on any atom is -0.325 e. The van der Waals surface area contributed by atoms with Crippen molar-refractivity contribution in [2.24, 2.45) is 0 Å². The summed E-state index contributed by atoms with van der Waals surface area (Å²) < 4.78 is 9.91. The average molecular weight is 185 g/mol. The van der Waals surface area contributed by atoms with E-state index in [0.717, 1.165) is 0 Å². The standard InChI is InChI=1S/C4H10O2PS2/c1-4-9-7(8,5-2)6-3/h1,4H2,2-3H3. The predicted molar refractivity (Wildman–Crippen MR) is 46.1 cm³/mol. The van der Waals surface area contributed by atoms with Gasteiger partial charge in [0.1, 0.15) is 0 Å². The Balaban J connectivity index is 3.78. The van der Waals surface area contributed by atoms with E-state index in [1.54, 1.807) is 14.2 Å². The van der Waals surface area contributed by atoms with Crippen molar-refractivity contribution in [1.29, 1.82) is 0 Å². The summed E-state index contributed by atoms with van der Waals surface area (Å²) in [6.45, 7) is 3.63. The highest BCUT2D eigenvalue weighted by Crippen LogP contribution is 2.59. The van der Waals surface area contributed by atoms with Crippen molar-refractivity contribution in [2.75, 3.05) is 20.0 Å². The van der Waals surface area contributed by atoms with E-state index in [2.05, 4.69) is 6.92 Å². The van der Waals surface area contributed by atoms with Crippen LogP contribution in [0.2, 0.25) is 0 Å². The zero-order valence-electron chi connectivity index (χ0n) is 5.49. The monoisotopic (exact) mass is 185 g/mol. The summed E-state index contributed by atoms with van der Waals surface area (Å²) in [6.07, 6.45) is 0. The van der Waals surface area contributed by atoms with Crippen LogP contribution in [0.5, 0.6) is 0 Å². The minimum absolute atomic E-state index is 0.693. The molecular weight excluding hydrogens is 175 g/mol. The smallest absolute Gasteiger partial charge is 0.246 e. The van der Waals surface area contributed by atoms with Crippen LogP contribution in [-0.4, -0.2) is 20.0 Å². The normalized spacial score (nSPS) is 11.9. The fourth-order valence-electron chi connectivity index (χ4n) is 0.292. The lowest BCUT2D eigenvalue weighted by atomic mass is 11.0. The molecule has 0 aromatic heterocycles. The highest BCUT2D eigenvalue weighted by Gasteiger charge is 2.13. The van der Waals surface area contributed by atoms with E-state index in [0.29, 0.717) is 5.75 Å². The Morgan fingerprint density at radius 3 is 2.11 bits per heavy atom. The molecule has 0 amide bonds. The molecule has 0 aliphatic carbocycles. The molecule has 0 aliphatic rings. The fraction of sp³-hybridized carbons (Fsp3) is 0.750. The highest BCUT2D eigenvalue weighted by molar-refractivity contribution is 8.67. The van der Waals surface area contributed by atoms with Gasteiger partial charge in [-0.3, -0.25) is 0 Å². The molecule has 9 heavy (non-hydrogen) atoms. The molecule has 0 atom stereocenters. The van der Waals surface area contributed by atoms with Crippen LogP contribution in [0.1, 0.15) is 0 Å². The molecule has 1 radical (unpaired) electrons. The maximum absolute atomic E-state index is 4.99. The molecular formula is C4H10O2PS2. The zero-order valence-corrected chi connectivity index (χ0v) is 8.02. The summed E-state index contributed by atoms with van der Waals surface area (Å²) in [5, 5.41) is 0. The first-order valence-corrected chi connectivity index (χ1v) is 6.56. The molecule has 0 unspecified atom stereocenters. The molecule has 55 valence electrons. The molecule has 0 N–H and O–H groups in total. The van der Waals surface area contributed by atoms with Gasteiger partial charge < -0.3 is 9.05 Å². The lowest BCUT2D eigenvalue weighted by molar-refractivity contribution is 0.354. The van der Waals surface area contributed by atoms with Crippen molar-refractivity contribution in [1.82, 2.24) is 0 Å². The number of hydrogen-bond donors (Lipinski definition) is 0. The van der Waals surface area contributed by atoms with Gasteiger partial charge in [-0.15, -0.1) is 0 Å². The van der Waals surface area contributed by atoms with Gasteiger partial charge >= 0.3 is 0 Å². The molecule has 0 saturated carbocycles. The summed E-state index contributed by atoms with van der Waals surface area (Å²) in [5.74, 6) is 0.693. The molecule has 0 spiro atoms. The van der Waals surface area contributed by atoms with E-state index in [1.807, 2.05) is 0 Å². The van der Waals surface area contributed by atoms with E-state index in [1.165, 1.54) is 11.4 Å². The van der Waals surface area contributed by atoms with Crippen LogP contribution in [0.4, 0.5) is 0 Å². The molecule has 0 saturated heterocycles.